The number of rotatable bonds is 9. The summed E-state index contributed by atoms with van der Waals surface area (Å²) in [6, 6.07) is -1.22. The third-order valence-corrected chi connectivity index (χ3v) is 2.38. The van der Waals surface area contributed by atoms with Crippen LogP contribution in [0.3, 0.4) is 0 Å². The van der Waals surface area contributed by atoms with Gasteiger partial charge in [0, 0.05) is 17.9 Å². The van der Waals surface area contributed by atoms with E-state index in [-0.39, 0.29) is 13.0 Å². The molecule has 2 N–H and O–H groups in total. The minimum Gasteiger partial charge on any atom is -0.481 e. The molecule has 0 fully saturated rings. The first-order chi connectivity index (χ1) is 10.2. The highest BCUT2D eigenvalue weighted by molar-refractivity contribution is 5.87. The molecule has 0 radical (unpaired) electrons. The molecule has 0 unspecified atom stereocenters. The summed E-state index contributed by atoms with van der Waals surface area (Å²) in [7, 11) is 0. The van der Waals surface area contributed by atoms with Crippen LogP contribution in [0.2, 0.25) is 0 Å². The Morgan fingerprint density at radius 2 is 1.95 bits per heavy atom. The van der Waals surface area contributed by atoms with Crippen molar-refractivity contribution in [3.05, 3.63) is 10.4 Å². The van der Waals surface area contributed by atoms with Crippen molar-refractivity contribution in [2.24, 2.45) is 5.11 Å². The quantitative estimate of drug-likeness (QED) is 0.219. The van der Waals surface area contributed by atoms with E-state index in [1.54, 1.807) is 20.8 Å². The summed E-state index contributed by atoms with van der Waals surface area (Å²) in [5.41, 5.74) is 7.33. The number of unbranched alkanes of at least 4 members (excludes halogenated alkanes) is 1. The van der Waals surface area contributed by atoms with Crippen LogP contribution in [-0.4, -0.2) is 41.1 Å². The Morgan fingerprint density at radius 3 is 2.45 bits per heavy atom. The molecule has 1 amide bonds. The van der Waals surface area contributed by atoms with Crippen LogP contribution in [0.5, 0.6) is 0 Å². The van der Waals surface area contributed by atoms with Crippen molar-refractivity contribution >= 4 is 17.8 Å². The number of nitrogens with zero attached hydrogens (tertiary/aromatic N) is 3. The first-order valence-electron chi connectivity index (χ1n) is 6.90. The van der Waals surface area contributed by atoms with Gasteiger partial charge >= 0.3 is 11.9 Å². The molecule has 0 aliphatic rings. The van der Waals surface area contributed by atoms with E-state index < -0.39 is 35.9 Å². The van der Waals surface area contributed by atoms with Crippen molar-refractivity contribution in [2.45, 2.75) is 58.1 Å². The van der Waals surface area contributed by atoms with Gasteiger partial charge in [-0.15, -0.1) is 0 Å². The third kappa shape index (κ3) is 10.5. The summed E-state index contributed by atoms with van der Waals surface area (Å²) >= 11 is 0. The second-order valence-corrected chi connectivity index (χ2v) is 5.66. The molecule has 0 saturated heterocycles. The van der Waals surface area contributed by atoms with Crippen molar-refractivity contribution in [3.63, 3.8) is 0 Å². The first-order valence-corrected chi connectivity index (χ1v) is 6.90. The van der Waals surface area contributed by atoms with Crippen LogP contribution < -0.4 is 5.32 Å². The molecular weight excluding hydrogens is 292 g/mol. The van der Waals surface area contributed by atoms with Crippen molar-refractivity contribution in [1.29, 1.82) is 0 Å². The Balaban J connectivity index is 4.45. The smallest absolute Gasteiger partial charge is 0.329 e. The highest BCUT2D eigenvalue weighted by atomic mass is 16.6. The van der Waals surface area contributed by atoms with Crippen molar-refractivity contribution in [3.8, 4) is 0 Å². The number of amides is 1. The molecule has 0 aromatic heterocycles. The molecule has 0 saturated carbocycles. The van der Waals surface area contributed by atoms with Gasteiger partial charge in [0.15, 0.2) is 0 Å². The topological polar surface area (TPSA) is 141 Å². The van der Waals surface area contributed by atoms with Gasteiger partial charge in [-0.1, -0.05) is 5.11 Å². The van der Waals surface area contributed by atoms with Gasteiger partial charge in [-0.05, 0) is 39.1 Å². The third-order valence-electron chi connectivity index (χ3n) is 2.38. The number of hydrogen-bond acceptors (Lipinski definition) is 5. The van der Waals surface area contributed by atoms with Crippen LogP contribution in [0.25, 0.3) is 10.4 Å². The van der Waals surface area contributed by atoms with Gasteiger partial charge < -0.3 is 15.2 Å². The van der Waals surface area contributed by atoms with E-state index in [1.807, 2.05) is 0 Å². The van der Waals surface area contributed by atoms with Gasteiger partial charge in [0.05, 0.1) is 6.42 Å². The summed E-state index contributed by atoms with van der Waals surface area (Å²) < 4.78 is 5.09. The fourth-order valence-corrected chi connectivity index (χ4v) is 1.52. The van der Waals surface area contributed by atoms with Crippen LogP contribution in [0.4, 0.5) is 0 Å². The number of carboxylic acid groups (broad SMARTS) is 1. The Hall–Kier alpha value is -2.28. The molecule has 9 heteroatoms. The van der Waals surface area contributed by atoms with Gasteiger partial charge in [0.1, 0.15) is 11.6 Å². The number of hydrogen-bond donors (Lipinski definition) is 2. The molecule has 0 spiro atoms. The number of carbonyl (C=O) groups excluding carboxylic acids is 2. The molecule has 0 heterocycles. The van der Waals surface area contributed by atoms with Gasteiger partial charge in [-0.3, -0.25) is 9.59 Å². The summed E-state index contributed by atoms with van der Waals surface area (Å²) in [5.74, 6) is -2.44. The number of aliphatic carboxylic acids is 1. The lowest BCUT2D eigenvalue weighted by atomic mass is 10.1. The van der Waals surface area contributed by atoms with E-state index in [2.05, 4.69) is 15.3 Å². The van der Waals surface area contributed by atoms with Crippen molar-refractivity contribution in [1.82, 2.24) is 5.32 Å². The van der Waals surface area contributed by atoms with Crippen LogP contribution in [0.1, 0.15) is 46.5 Å². The maximum Gasteiger partial charge on any atom is 0.329 e. The predicted molar refractivity (Wildman–Crippen MR) is 77.9 cm³/mol. The monoisotopic (exact) mass is 314 g/mol. The fraction of sp³-hybridized carbons (Fsp3) is 0.769. The molecule has 0 rings (SSSR count). The Kier molecular flexibility index (Phi) is 8.62. The minimum atomic E-state index is -1.22. The SMILES string of the molecule is CC(C)(C)OC(=O)[C@H](CC(=O)O)NC(=O)CCCCN=[N+]=[N-]. The maximum atomic E-state index is 11.9. The Labute approximate surface area is 128 Å². The van der Waals surface area contributed by atoms with Gasteiger partial charge in [-0.2, -0.15) is 0 Å². The molecule has 124 valence electrons. The van der Waals surface area contributed by atoms with E-state index in [0.717, 1.165) is 0 Å². The summed E-state index contributed by atoms with van der Waals surface area (Å²) in [6.45, 7) is 5.25. The van der Waals surface area contributed by atoms with Crippen molar-refractivity contribution < 1.29 is 24.2 Å². The highest BCUT2D eigenvalue weighted by Crippen LogP contribution is 2.10. The molecule has 0 bridgehead atoms. The van der Waals surface area contributed by atoms with Gasteiger partial charge in [-0.25, -0.2) is 4.79 Å². The van der Waals surface area contributed by atoms with E-state index in [9.17, 15) is 14.4 Å². The molecular formula is C13H22N4O5. The number of azide groups is 1. The lowest BCUT2D eigenvalue weighted by Gasteiger charge is -2.23. The van der Waals surface area contributed by atoms with Gasteiger partial charge in [0.25, 0.3) is 0 Å². The zero-order valence-corrected chi connectivity index (χ0v) is 13.0. The summed E-state index contributed by atoms with van der Waals surface area (Å²) in [5, 5.41) is 14.5. The van der Waals surface area contributed by atoms with E-state index in [4.69, 9.17) is 15.4 Å². The molecule has 9 nitrogen and oxygen atoms in total. The Bertz CT molecular complexity index is 452. The predicted octanol–water partition coefficient (Wildman–Crippen LogP) is 1.77. The van der Waals surface area contributed by atoms with Crippen LogP contribution >= 0.6 is 0 Å². The molecule has 0 aliphatic carbocycles. The van der Waals surface area contributed by atoms with Crippen molar-refractivity contribution in [2.75, 3.05) is 6.54 Å². The molecule has 1 atom stereocenters. The minimum absolute atomic E-state index is 0.111. The number of ether oxygens (including phenoxy) is 1. The molecule has 0 aromatic rings. The second kappa shape index (κ2) is 9.62. The fourth-order valence-electron chi connectivity index (χ4n) is 1.52. The van der Waals surface area contributed by atoms with Crippen LogP contribution in [-0.2, 0) is 19.1 Å². The summed E-state index contributed by atoms with van der Waals surface area (Å²) in [6.07, 6.45) is 0.575. The van der Waals surface area contributed by atoms with Crippen LogP contribution in [0.15, 0.2) is 5.11 Å². The lowest BCUT2D eigenvalue weighted by molar-refractivity contribution is -0.161. The van der Waals surface area contributed by atoms with E-state index in [1.165, 1.54) is 0 Å². The normalized spacial score (nSPS) is 12.0. The zero-order chi connectivity index (χ0) is 17.2. The average molecular weight is 314 g/mol. The average Bonchev–Trinajstić information content (AvgIpc) is 2.35. The molecule has 0 aromatic carbocycles. The van der Waals surface area contributed by atoms with E-state index in [0.29, 0.717) is 12.8 Å². The summed E-state index contributed by atoms with van der Waals surface area (Å²) in [4.78, 5) is 37.0. The second-order valence-electron chi connectivity index (χ2n) is 5.66. The lowest BCUT2D eigenvalue weighted by Crippen LogP contribution is -2.45. The Morgan fingerprint density at radius 1 is 1.32 bits per heavy atom. The zero-order valence-electron chi connectivity index (χ0n) is 13.0. The number of nitrogens with one attached hydrogen (secondary N) is 1. The van der Waals surface area contributed by atoms with E-state index >= 15 is 0 Å². The highest BCUT2D eigenvalue weighted by Gasteiger charge is 2.28. The number of carboxylic acids is 1. The maximum absolute atomic E-state index is 11.9. The largest absolute Gasteiger partial charge is 0.481 e. The first kappa shape index (κ1) is 19.7. The number of carbonyl (C=O) groups is 3. The van der Waals surface area contributed by atoms with Gasteiger partial charge in [0.2, 0.25) is 5.91 Å². The molecule has 0 aliphatic heterocycles. The molecule has 22 heavy (non-hydrogen) atoms. The standard InChI is InChI=1S/C13H22N4O5/c1-13(2,3)22-12(21)9(8-11(19)20)16-10(18)6-4-5-7-15-17-14/h9H,4-8H2,1-3H3,(H,16,18)(H,19,20)/t9-/m0/s1. The van der Waals surface area contributed by atoms with Crippen LogP contribution in [0, 0.1) is 0 Å². The number of esters is 1.